The molecule has 0 amide bonds. The van der Waals surface area contributed by atoms with Gasteiger partial charge in [-0.1, -0.05) is 0 Å². The van der Waals surface area contributed by atoms with E-state index in [0.717, 1.165) is 31.5 Å². The minimum Gasteiger partial charge on any atom is -0.396 e. The molecular formula is C11H17NO4S. The lowest BCUT2D eigenvalue weighted by Gasteiger charge is -2.06. The van der Waals surface area contributed by atoms with E-state index in [4.69, 9.17) is 9.66 Å². The highest BCUT2D eigenvalue weighted by atomic mass is 32.2. The second-order valence-corrected chi connectivity index (χ2v) is 5.13. The van der Waals surface area contributed by atoms with Gasteiger partial charge in [0, 0.05) is 18.8 Å². The highest BCUT2D eigenvalue weighted by Gasteiger charge is 2.07. The van der Waals surface area contributed by atoms with Gasteiger partial charge in [0.15, 0.2) is 0 Å². The first-order valence-electron chi connectivity index (χ1n) is 5.46. The molecule has 17 heavy (non-hydrogen) atoms. The average molecular weight is 259 g/mol. The molecule has 96 valence electrons. The molecule has 1 aromatic rings. The molecule has 0 atom stereocenters. The summed E-state index contributed by atoms with van der Waals surface area (Å²) in [5.41, 5.74) is 0.807. The summed E-state index contributed by atoms with van der Waals surface area (Å²) in [6.07, 6.45) is 2.69. The summed E-state index contributed by atoms with van der Waals surface area (Å²) in [5.74, 6) is 0. The average Bonchev–Trinajstić information content (AvgIpc) is 2.28. The lowest BCUT2D eigenvalue weighted by molar-refractivity contribution is 0.283. The van der Waals surface area contributed by atoms with E-state index in [2.05, 4.69) is 5.32 Å². The Balaban J connectivity index is 2.41. The second-order valence-electron chi connectivity index (χ2n) is 3.71. The molecule has 0 heterocycles. The Bertz CT molecular complexity index is 427. The smallest absolute Gasteiger partial charge is 0.294 e. The normalized spacial score (nSPS) is 11.4. The van der Waals surface area contributed by atoms with E-state index in [-0.39, 0.29) is 11.5 Å². The van der Waals surface area contributed by atoms with Crippen LogP contribution in [0.25, 0.3) is 0 Å². The van der Waals surface area contributed by atoms with E-state index in [9.17, 15) is 8.42 Å². The van der Waals surface area contributed by atoms with Gasteiger partial charge in [-0.15, -0.1) is 0 Å². The van der Waals surface area contributed by atoms with Crippen molar-refractivity contribution in [1.82, 2.24) is 0 Å². The van der Waals surface area contributed by atoms with E-state index in [0.29, 0.717) is 0 Å². The molecular weight excluding hydrogens is 242 g/mol. The van der Waals surface area contributed by atoms with Crippen LogP contribution in [-0.4, -0.2) is 31.2 Å². The quantitative estimate of drug-likeness (QED) is 0.510. The molecule has 3 N–H and O–H groups in total. The number of aliphatic hydroxyl groups excluding tert-OH is 1. The van der Waals surface area contributed by atoms with Gasteiger partial charge < -0.3 is 10.4 Å². The van der Waals surface area contributed by atoms with Gasteiger partial charge in [-0.2, -0.15) is 8.42 Å². The molecule has 0 spiro atoms. The second kappa shape index (κ2) is 6.58. The molecule has 0 aromatic heterocycles. The van der Waals surface area contributed by atoms with Crippen LogP contribution in [0.4, 0.5) is 5.69 Å². The van der Waals surface area contributed by atoms with Crippen molar-refractivity contribution in [1.29, 1.82) is 0 Å². The first-order valence-corrected chi connectivity index (χ1v) is 6.90. The molecule has 6 heteroatoms. The summed E-state index contributed by atoms with van der Waals surface area (Å²) < 4.78 is 30.4. The third kappa shape index (κ3) is 5.16. The number of nitrogens with one attached hydrogen (secondary N) is 1. The van der Waals surface area contributed by atoms with Gasteiger partial charge in [0.05, 0.1) is 4.90 Å². The van der Waals surface area contributed by atoms with Gasteiger partial charge in [-0.05, 0) is 43.5 Å². The lowest BCUT2D eigenvalue weighted by atomic mass is 10.2. The molecule has 0 aliphatic heterocycles. The summed E-state index contributed by atoms with van der Waals surface area (Å²) >= 11 is 0. The predicted molar refractivity (Wildman–Crippen MR) is 65.7 cm³/mol. The van der Waals surface area contributed by atoms with Gasteiger partial charge in [-0.3, -0.25) is 4.55 Å². The monoisotopic (exact) mass is 259 g/mol. The number of hydrogen-bond donors (Lipinski definition) is 3. The van der Waals surface area contributed by atoms with Crippen molar-refractivity contribution in [3.63, 3.8) is 0 Å². The molecule has 1 aromatic carbocycles. The predicted octanol–water partition coefficient (Wildman–Crippen LogP) is 1.51. The molecule has 0 fully saturated rings. The molecule has 0 aliphatic rings. The molecule has 0 radical (unpaired) electrons. The molecule has 0 saturated carbocycles. The zero-order chi connectivity index (χ0) is 12.7. The molecule has 0 bridgehead atoms. The topological polar surface area (TPSA) is 86.6 Å². The zero-order valence-electron chi connectivity index (χ0n) is 9.46. The number of hydrogen-bond acceptors (Lipinski definition) is 4. The van der Waals surface area contributed by atoms with Crippen molar-refractivity contribution < 1.29 is 18.1 Å². The molecule has 0 unspecified atom stereocenters. The number of anilines is 1. The maximum Gasteiger partial charge on any atom is 0.294 e. The number of unbranched alkanes of at least 4 members (excludes halogenated alkanes) is 2. The van der Waals surface area contributed by atoms with Crippen LogP contribution in [0.5, 0.6) is 0 Å². The van der Waals surface area contributed by atoms with Crippen LogP contribution in [-0.2, 0) is 10.1 Å². The molecule has 1 rings (SSSR count). The number of aliphatic hydroxyl groups is 1. The third-order valence-electron chi connectivity index (χ3n) is 2.32. The Morgan fingerprint density at radius 3 is 2.24 bits per heavy atom. The maximum atomic E-state index is 10.8. The van der Waals surface area contributed by atoms with Gasteiger partial charge in [0.1, 0.15) is 0 Å². The SMILES string of the molecule is O=S(=O)(O)c1ccc(NCCCCCO)cc1. The highest BCUT2D eigenvalue weighted by Crippen LogP contribution is 2.13. The molecule has 0 aliphatic carbocycles. The third-order valence-corrected chi connectivity index (χ3v) is 3.18. The van der Waals surface area contributed by atoms with Gasteiger partial charge >= 0.3 is 0 Å². The van der Waals surface area contributed by atoms with Gasteiger partial charge in [-0.25, -0.2) is 0 Å². The summed E-state index contributed by atoms with van der Waals surface area (Å²) in [6, 6.07) is 5.92. The van der Waals surface area contributed by atoms with Crippen LogP contribution in [0.15, 0.2) is 29.2 Å². The van der Waals surface area contributed by atoms with E-state index < -0.39 is 10.1 Å². The van der Waals surface area contributed by atoms with Crippen LogP contribution < -0.4 is 5.32 Å². The van der Waals surface area contributed by atoms with Crippen LogP contribution in [0, 0.1) is 0 Å². The van der Waals surface area contributed by atoms with E-state index >= 15 is 0 Å². The Morgan fingerprint density at radius 2 is 1.71 bits per heavy atom. The van der Waals surface area contributed by atoms with Crippen LogP contribution in [0.1, 0.15) is 19.3 Å². The van der Waals surface area contributed by atoms with Crippen LogP contribution >= 0.6 is 0 Å². The van der Waals surface area contributed by atoms with E-state index in [1.807, 2.05) is 0 Å². The van der Waals surface area contributed by atoms with Crippen molar-refractivity contribution in [2.75, 3.05) is 18.5 Å². The minimum absolute atomic E-state index is 0.108. The number of rotatable bonds is 7. The zero-order valence-corrected chi connectivity index (χ0v) is 10.3. The van der Waals surface area contributed by atoms with Crippen LogP contribution in [0.2, 0.25) is 0 Å². The summed E-state index contributed by atoms with van der Waals surface area (Å²) in [4.78, 5) is -0.108. The molecule has 0 saturated heterocycles. The van der Waals surface area contributed by atoms with Crippen molar-refractivity contribution in [3.05, 3.63) is 24.3 Å². The fourth-order valence-corrected chi connectivity index (χ4v) is 1.87. The van der Waals surface area contributed by atoms with Crippen molar-refractivity contribution in [3.8, 4) is 0 Å². The largest absolute Gasteiger partial charge is 0.396 e. The number of benzene rings is 1. The van der Waals surface area contributed by atoms with Crippen LogP contribution in [0.3, 0.4) is 0 Å². The minimum atomic E-state index is -4.11. The lowest BCUT2D eigenvalue weighted by Crippen LogP contribution is -2.03. The summed E-state index contributed by atoms with van der Waals surface area (Å²) in [7, 11) is -4.11. The Morgan fingerprint density at radius 1 is 1.06 bits per heavy atom. The summed E-state index contributed by atoms with van der Waals surface area (Å²) in [5, 5.41) is 11.7. The first kappa shape index (κ1) is 14.0. The molecule has 5 nitrogen and oxygen atoms in total. The highest BCUT2D eigenvalue weighted by molar-refractivity contribution is 7.85. The first-order chi connectivity index (χ1) is 8.04. The van der Waals surface area contributed by atoms with Crippen molar-refractivity contribution in [2.24, 2.45) is 0 Å². The maximum absolute atomic E-state index is 10.8. The van der Waals surface area contributed by atoms with E-state index in [1.165, 1.54) is 12.1 Å². The van der Waals surface area contributed by atoms with Gasteiger partial charge in [0.25, 0.3) is 10.1 Å². The fraction of sp³-hybridized carbons (Fsp3) is 0.455. The fourth-order valence-electron chi connectivity index (χ4n) is 1.39. The Kier molecular flexibility index (Phi) is 5.40. The van der Waals surface area contributed by atoms with Crippen molar-refractivity contribution in [2.45, 2.75) is 24.2 Å². The van der Waals surface area contributed by atoms with Crippen molar-refractivity contribution >= 4 is 15.8 Å². The summed E-state index contributed by atoms with van der Waals surface area (Å²) in [6.45, 7) is 0.980. The standard InChI is InChI=1S/C11H17NO4S/c13-9-3-1-2-8-12-10-4-6-11(7-5-10)17(14,15)16/h4-7,12-13H,1-3,8-9H2,(H,14,15,16). The Hall–Kier alpha value is -1.11. The van der Waals surface area contributed by atoms with Gasteiger partial charge in [0.2, 0.25) is 0 Å². The van der Waals surface area contributed by atoms with E-state index in [1.54, 1.807) is 12.1 Å². The Labute approximate surface area is 101 Å².